The first-order valence-electron chi connectivity index (χ1n) is 6.83. The van der Waals surface area contributed by atoms with E-state index in [1.807, 2.05) is 19.0 Å². The van der Waals surface area contributed by atoms with Gasteiger partial charge in [-0.05, 0) is 35.4 Å². The average Bonchev–Trinajstić information content (AvgIpc) is 2.54. The standard InChI is InChI=1S/C16H19N3O3/c1-19(2)15-6-4-11(8-17-15)16(22)18-14-5-3-12(9-20)13(7-14)10-21/h3-8,20-21H,9-10H2,1-2H3,(H,18,22). The van der Waals surface area contributed by atoms with Gasteiger partial charge in [0.05, 0.1) is 18.8 Å². The number of amides is 1. The minimum atomic E-state index is -0.279. The highest BCUT2D eigenvalue weighted by Crippen LogP contribution is 2.17. The number of benzene rings is 1. The van der Waals surface area contributed by atoms with Gasteiger partial charge < -0.3 is 20.4 Å². The Morgan fingerprint density at radius 2 is 1.86 bits per heavy atom. The SMILES string of the molecule is CN(C)c1ccc(C(=O)Nc2ccc(CO)c(CO)c2)cn1. The molecule has 0 atom stereocenters. The molecule has 3 N–H and O–H groups in total. The van der Waals surface area contributed by atoms with E-state index in [4.69, 9.17) is 5.11 Å². The number of carbonyl (C=O) groups is 1. The number of aromatic nitrogens is 1. The Labute approximate surface area is 129 Å². The molecule has 2 rings (SSSR count). The number of aliphatic hydroxyl groups excluding tert-OH is 2. The van der Waals surface area contributed by atoms with Crippen molar-refractivity contribution in [1.29, 1.82) is 0 Å². The molecule has 1 heterocycles. The molecule has 0 spiro atoms. The zero-order chi connectivity index (χ0) is 16.1. The second-order valence-electron chi connectivity index (χ2n) is 5.05. The Morgan fingerprint density at radius 1 is 1.14 bits per heavy atom. The van der Waals surface area contributed by atoms with Crippen LogP contribution >= 0.6 is 0 Å². The van der Waals surface area contributed by atoms with E-state index in [1.54, 1.807) is 30.3 Å². The van der Waals surface area contributed by atoms with Gasteiger partial charge in [-0.1, -0.05) is 6.07 Å². The Balaban J connectivity index is 2.14. The fourth-order valence-electron chi connectivity index (χ4n) is 1.99. The maximum Gasteiger partial charge on any atom is 0.257 e. The van der Waals surface area contributed by atoms with Crippen LogP contribution in [-0.4, -0.2) is 35.2 Å². The predicted molar refractivity (Wildman–Crippen MR) is 84.8 cm³/mol. The van der Waals surface area contributed by atoms with E-state index in [-0.39, 0.29) is 19.1 Å². The normalized spacial score (nSPS) is 10.4. The van der Waals surface area contributed by atoms with Gasteiger partial charge in [-0.15, -0.1) is 0 Å². The van der Waals surface area contributed by atoms with E-state index in [9.17, 15) is 9.90 Å². The van der Waals surface area contributed by atoms with Crippen LogP contribution in [0.1, 0.15) is 21.5 Å². The van der Waals surface area contributed by atoms with Crippen molar-refractivity contribution in [2.75, 3.05) is 24.3 Å². The Morgan fingerprint density at radius 3 is 2.41 bits per heavy atom. The topological polar surface area (TPSA) is 85.7 Å². The highest BCUT2D eigenvalue weighted by Gasteiger charge is 2.09. The van der Waals surface area contributed by atoms with Crippen molar-refractivity contribution in [1.82, 2.24) is 4.98 Å². The van der Waals surface area contributed by atoms with Crippen molar-refractivity contribution in [3.8, 4) is 0 Å². The summed E-state index contributed by atoms with van der Waals surface area (Å²) in [5.41, 5.74) is 2.23. The molecule has 6 heteroatoms. The van der Waals surface area contributed by atoms with Crippen molar-refractivity contribution < 1.29 is 15.0 Å². The predicted octanol–water partition coefficient (Wildman–Crippen LogP) is 1.38. The van der Waals surface area contributed by atoms with Gasteiger partial charge in [0.15, 0.2) is 0 Å². The summed E-state index contributed by atoms with van der Waals surface area (Å²) >= 11 is 0. The molecule has 0 bridgehead atoms. The van der Waals surface area contributed by atoms with Crippen LogP contribution in [-0.2, 0) is 13.2 Å². The first-order chi connectivity index (χ1) is 10.5. The fourth-order valence-corrected chi connectivity index (χ4v) is 1.99. The van der Waals surface area contributed by atoms with E-state index in [0.717, 1.165) is 5.82 Å². The molecule has 116 valence electrons. The number of carbonyl (C=O) groups excluding carboxylic acids is 1. The third-order valence-corrected chi connectivity index (χ3v) is 3.27. The Kier molecular flexibility index (Phi) is 5.08. The number of hydrogen-bond donors (Lipinski definition) is 3. The second kappa shape index (κ2) is 7.02. The molecule has 0 aliphatic heterocycles. The highest BCUT2D eigenvalue weighted by molar-refractivity contribution is 6.04. The Hall–Kier alpha value is -2.44. The van der Waals surface area contributed by atoms with Crippen LogP contribution in [0.5, 0.6) is 0 Å². The van der Waals surface area contributed by atoms with Crippen molar-refractivity contribution in [3.05, 3.63) is 53.2 Å². The maximum absolute atomic E-state index is 12.2. The van der Waals surface area contributed by atoms with Gasteiger partial charge in [-0.3, -0.25) is 4.79 Å². The molecule has 0 aliphatic rings. The summed E-state index contributed by atoms with van der Waals surface area (Å²) in [7, 11) is 3.75. The Bertz CT molecular complexity index is 654. The van der Waals surface area contributed by atoms with E-state index >= 15 is 0 Å². The summed E-state index contributed by atoms with van der Waals surface area (Å²) in [6, 6.07) is 8.47. The van der Waals surface area contributed by atoms with Crippen LogP contribution in [0.2, 0.25) is 0 Å². The maximum atomic E-state index is 12.2. The smallest absolute Gasteiger partial charge is 0.257 e. The van der Waals surface area contributed by atoms with Gasteiger partial charge in [-0.2, -0.15) is 0 Å². The van der Waals surface area contributed by atoms with E-state index < -0.39 is 0 Å². The fraction of sp³-hybridized carbons (Fsp3) is 0.250. The van der Waals surface area contributed by atoms with Gasteiger partial charge in [0, 0.05) is 26.0 Å². The molecule has 22 heavy (non-hydrogen) atoms. The third kappa shape index (κ3) is 3.60. The first-order valence-corrected chi connectivity index (χ1v) is 6.83. The summed E-state index contributed by atoms with van der Waals surface area (Å²) in [6.45, 7) is -0.348. The molecule has 0 saturated heterocycles. The lowest BCUT2D eigenvalue weighted by Gasteiger charge is -2.12. The zero-order valence-corrected chi connectivity index (χ0v) is 12.6. The van der Waals surface area contributed by atoms with E-state index in [0.29, 0.717) is 22.4 Å². The van der Waals surface area contributed by atoms with E-state index in [2.05, 4.69) is 10.3 Å². The average molecular weight is 301 g/mol. The minimum absolute atomic E-state index is 0.153. The van der Waals surface area contributed by atoms with Gasteiger partial charge in [-0.25, -0.2) is 4.98 Å². The van der Waals surface area contributed by atoms with Crippen molar-refractivity contribution in [2.24, 2.45) is 0 Å². The number of hydrogen-bond acceptors (Lipinski definition) is 5. The number of aliphatic hydroxyl groups is 2. The van der Waals surface area contributed by atoms with Gasteiger partial charge in [0.2, 0.25) is 0 Å². The lowest BCUT2D eigenvalue weighted by molar-refractivity contribution is 0.102. The van der Waals surface area contributed by atoms with Crippen LogP contribution in [0.4, 0.5) is 11.5 Å². The molecule has 0 aliphatic carbocycles. The molecule has 0 saturated carbocycles. The molecule has 0 fully saturated rings. The number of anilines is 2. The quantitative estimate of drug-likeness (QED) is 0.777. The summed E-state index contributed by atoms with van der Waals surface area (Å²) in [5, 5.41) is 21.2. The lowest BCUT2D eigenvalue weighted by atomic mass is 10.1. The number of pyridine rings is 1. The number of nitrogens with zero attached hydrogens (tertiary/aromatic N) is 2. The summed E-state index contributed by atoms with van der Waals surface area (Å²) in [6.07, 6.45) is 1.51. The molecular formula is C16H19N3O3. The number of rotatable bonds is 5. The summed E-state index contributed by atoms with van der Waals surface area (Å²) in [5.74, 6) is 0.491. The van der Waals surface area contributed by atoms with Crippen molar-refractivity contribution in [2.45, 2.75) is 13.2 Å². The van der Waals surface area contributed by atoms with Gasteiger partial charge in [0.25, 0.3) is 5.91 Å². The molecule has 1 aromatic heterocycles. The lowest BCUT2D eigenvalue weighted by Crippen LogP contribution is -2.14. The number of nitrogens with one attached hydrogen (secondary N) is 1. The molecule has 0 radical (unpaired) electrons. The minimum Gasteiger partial charge on any atom is -0.392 e. The largest absolute Gasteiger partial charge is 0.392 e. The molecule has 0 unspecified atom stereocenters. The highest BCUT2D eigenvalue weighted by atomic mass is 16.3. The van der Waals surface area contributed by atoms with Crippen LogP contribution < -0.4 is 10.2 Å². The molecule has 6 nitrogen and oxygen atoms in total. The van der Waals surface area contributed by atoms with Crippen LogP contribution in [0.15, 0.2) is 36.5 Å². The van der Waals surface area contributed by atoms with Gasteiger partial charge in [0.1, 0.15) is 5.82 Å². The summed E-state index contributed by atoms with van der Waals surface area (Å²) in [4.78, 5) is 18.2. The molecular weight excluding hydrogens is 282 g/mol. The van der Waals surface area contributed by atoms with Crippen LogP contribution in [0.3, 0.4) is 0 Å². The van der Waals surface area contributed by atoms with Crippen LogP contribution in [0, 0.1) is 0 Å². The van der Waals surface area contributed by atoms with Gasteiger partial charge >= 0.3 is 0 Å². The van der Waals surface area contributed by atoms with E-state index in [1.165, 1.54) is 6.20 Å². The zero-order valence-electron chi connectivity index (χ0n) is 12.6. The molecule has 1 amide bonds. The molecule has 2 aromatic rings. The van der Waals surface area contributed by atoms with Crippen LogP contribution in [0.25, 0.3) is 0 Å². The summed E-state index contributed by atoms with van der Waals surface area (Å²) < 4.78 is 0. The van der Waals surface area contributed by atoms with Crippen molar-refractivity contribution >= 4 is 17.4 Å². The third-order valence-electron chi connectivity index (χ3n) is 3.27. The monoisotopic (exact) mass is 301 g/mol. The second-order valence-corrected chi connectivity index (χ2v) is 5.05. The first kappa shape index (κ1) is 15.9. The van der Waals surface area contributed by atoms with Crippen molar-refractivity contribution in [3.63, 3.8) is 0 Å². The molecule has 1 aromatic carbocycles.